The number of nitrogen functional groups attached to an aromatic ring is 1. The third-order valence-electron chi connectivity index (χ3n) is 1.91. The van der Waals surface area contributed by atoms with Crippen molar-refractivity contribution in [3.63, 3.8) is 0 Å². The highest BCUT2D eigenvalue weighted by Crippen LogP contribution is 2.15. The molecule has 1 heterocycles. The van der Waals surface area contributed by atoms with E-state index in [-0.39, 0.29) is 0 Å². The largest absolute Gasteiger partial charge is 0.399 e. The Labute approximate surface area is 76.2 Å². The quantitative estimate of drug-likeness (QED) is 0.518. The predicted molar refractivity (Wildman–Crippen MR) is 53.0 cm³/mol. The lowest BCUT2D eigenvalue weighted by Crippen LogP contribution is -1.92. The van der Waals surface area contributed by atoms with Crippen molar-refractivity contribution in [2.24, 2.45) is 0 Å². The van der Waals surface area contributed by atoms with Crippen LogP contribution in [0.5, 0.6) is 0 Å². The summed E-state index contributed by atoms with van der Waals surface area (Å²) in [6.45, 7) is 0.542. The Balaban J connectivity index is 2.63. The molecule has 0 atom stereocenters. The average molecular weight is 171 g/mol. The number of rotatable bonds is 1. The van der Waals surface area contributed by atoms with Crippen molar-refractivity contribution < 1.29 is 0 Å². The highest BCUT2D eigenvalue weighted by atomic mass is 15.0. The van der Waals surface area contributed by atoms with Gasteiger partial charge < -0.3 is 10.3 Å². The molecule has 0 fully saturated rings. The van der Waals surface area contributed by atoms with E-state index in [4.69, 9.17) is 12.2 Å². The number of nitrogens with zero attached hydrogens (tertiary/aromatic N) is 2. The summed E-state index contributed by atoms with van der Waals surface area (Å²) in [4.78, 5) is 4.19. The molecule has 3 heteroatoms. The van der Waals surface area contributed by atoms with Crippen LogP contribution in [0.15, 0.2) is 24.5 Å². The van der Waals surface area contributed by atoms with Gasteiger partial charge >= 0.3 is 0 Å². The monoisotopic (exact) mass is 171 g/mol. The van der Waals surface area contributed by atoms with Gasteiger partial charge in [-0.05, 0) is 18.2 Å². The van der Waals surface area contributed by atoms with Crippen molar-refractivity contribution in [3.05, 3.63) is 24.5 Å². The predicted octanol–water partition coefficient (Wildman–Crippen LogP) is 1.25. The van der Waals surface area contributed by atoms with Crippen LogP contribution in [0.1, 0.15) is 0 Å². The Morgan fingerprint density at radius 1 is 1.54 bits per heavy atom. The summed E-state index contributed by atoms with van der Waals surface area (Å²) >= 11 is 0. The van der Waals surface area contributed by atoms with Gasteiger partial charge in [-0.1, -0.05) is 5.92 Å². The normalized spacial score (nSPS) is 10.1. The van der Waals surface area contributed by atoms with E-state index in [0.29, 0.717) is 6.54 Å². The van der Waals surface area contributed by atoms with Gasteiger partial charge in [0.1, 0.15) is 0 Å². The topological polar surface area (TPSA) is 43.8 Å². The number of nitrogens with two attached hydrogens (primary N) is 1. The summed E-state index contributed by atoms with van der Waals surface area (Å²) in [5, 5.41) is 0. The average Bonchev–Trinajstić information content (AvgIpc) is 2.49. The summed E-state index contributed by atoms with van der Waals surface area (Å²) in [7, 11) is 0. The third-order valence-corrected chi connectivity index (χ3v) is 1.91. The van der Waals surface area contributed by atoms with Crippen LogP contribution in [-0.4, -0.2) is 9.55 Å². The van der Waals surface area contributed by atoms with Gasteiger partial charge in [0.25, 0.3) is 0 Å². The minimum absolute atomic E-state index is 0.542. The molecule has 13 heavy (non-hydrogen) atoms. The van der Waals surface area contributed by atoms with Crippen molar-refractivity contribution >= 4 is 16.7 Å². The molecule has 0 unspecified atom stereocenters. The van der Waals surface area contributed by atoms with Crippen LogP contribution >= 0.6 is 0 Å². The minimum atomic E-state index is 0.542. The maximum absolute atomic E-state index is 5.62. The van der Waals surface area contributed by atoms with Gasteiger partial charge in [0, 0.05) is 5.69 Å². The SMILES string of the molecule is C#CCn1cnc2cc(N)ccc21. The second kappa shape index (κ2) is 2.83. The molecule has 0 saturated carbocycles. The molecule has 0 radical (unpaired) electrons. The third kappa shape index (κ3) is 1.23. The molecule has 2 aromatic rings. The number of imidazole rings is 1. The molecule has 64 valence electrons. The molecule has 1 aromatic carbocycles. The number of hydrogen-bond donors (Lipinski definition) is 1. The summed E-state index contributed by atoms with van der Waals surface area (Å²) in [5.74, 6) is 2.57. The fourth-order valence-electron chi connectivity index (χ4n) is 1.31. The standard InChI is InChI=1S/C10H9N3/c1-2-5-13-7-12-9-6-8(11)3-4-10(9)13/h1,3-4,6-7H,5,11H2. The Morgan fingerprint density at radius 2 is 2.38 bits per heavy atom. The summed E-state index contributed by atoms with van der Waals surface area (Å²) < 4.78 is 1.91. The van der Waals surface area contributed by atoms with E-state index >= 15 is 0 Å². The van der Waals surface area contributed by atoms with Crippen LogP contribution in [-0.2, 0) is 6.54 Å². The van der Waals surface area contributed by atoms with Crippen LogP contribution in [0.25, 0.3) is 11.0 Å². The zero-order valence-corrected chi connectivity index (χ0v) is 7.07. The van der Waals surface area contributed by atoms with E-state index in [1.807, 2.05) is 22.8 Å². The maximum Gasteiger partial charge on any atom is 0.0966 e. The zero-order valence-electron chi connectivity index (χ0n) is 7.07. The fourth-order valence-corrected chi connectivity index (χ4v) is 1.31. The van der Waals surface area contributed by atoms with E-state index in [9.17, 15) is 0 Å². The van der Waals surface area contributed by atoms with Gasteiger partial charge in [-0.3, -0.25) is 0 Å². The Hall–Kier alpha value is -1.95. The van der Waals surface area contributed by atoms with Gasteiger partial charge in [0.05, 0.1) is 23.9 Å². The van der Waals surface area contributed by atoms with Gasteiger partial charge in [0.2, 0.25) is 0 Å². The van der Waals surface area contributed by atoms with E-state index in [1.165, 1.54) is 0 Å². The number of benzene rings is 1. The molecule has 0 aliphatic rings. The smallest absolute Gasteiger partial charge is 0.0966 e. The van der Waals surface area contributed by atoms with Gasteiger partial charge in [-0.15, -0.1) is 6.42 Å². The van der Waals surface area contributed by atoms with E-state index in [1.54, 1.807) is 6.33 Å². The number of hydrogen-bond acceptors (Lipinski definition) is 2. The number of terminal acetylenes is 1. The molecular formula is C10H9N3. The first-order valence-corrected chi connectivity index (χ1v) is 3.95. The molecule has 0 bridgehead atoms. The first kappa shape index (κ1) is 7.69. The molecule has 3 nitrogen and oxygen atoms in total. The van der Waals surface area contributed by atoms with Crippen LogP contribution in [0.2, 0.25) is 0 Å². The fraction of sp³-hybridized carbons (Fsp3) is 0.100. The first-order valence-electron chi connectivity index (χ1n) is 3.95. The highest BCUT2D eigenvalue weighted by molar-refractivity contribution is 5.78. The second-order valence-corrected chi connectivity index (χ2v) is 2.82. The first-order chi connectivity index (χ1) is 6.31. The van der Waals surface area contributed by atoms with Gasteiger partial charge in [-0.25, -0.2) is 4.98 Å². The van der Waals surface area contributed by atoms with Crippen LogP contribution in [0.4, 0.5) is 5.69 Å². The van der Waals surface area contributed by atoms with E-state index in [2.05, 4.69) is 10.9 Å². The molecule has 1 aromatic heterocycles. The molecule has 0 aliphatic heterocycles. The van der Waals surface area contributed by atoms with Gasteiger partial charge in [0.15, 0.2) is 0 Å². The molecule has 2 rings (SSSR count). The second-order valence-electron chi connectivity index (χ2n) is 2.82. The van der Waals surface area contributed by atoms with E-state index < -0.39 is 0 Å². The van der Waals surface area contributed by atoms with Crippen LogP contribution < -0.4 is 5.73 Å². The molecule has 0 saturated heterocycles. The zero-order chi connectivity index (χ0) is 9.26. The molecule has 0 amide bonds. The molecule has 0 spiro atoms. The lowest BCUT2D eigenvalue weighted by atomic mass is 10.3. The molecule has 0 aliphatic carbocycles. The Morgan fingerprint density at radius 3 is 3.15 bits per heavy atom. The number of aromatic nitrogens is 2. The number of fused-ring (bicyclic) bond motifs is 1. The van der Waals surface area contributed by atoms with Crippen molar-refractivity contribution in [2.45, 2.75) is 6.54 Å². The van der Waals surface area contributed by atoms with E-state index in [0.717, 1.165) is 16.7 Å². The van der Waals surface area contributed by atoms with Crippen molar-refractivity contribution in [2.75, 3.05) is 5.73 Å². The summed E-state index contributed by atoms with van der Waals surface area (Å²) in [5.41, 5.74) is 8.24. The summed E-state index contributed by atoms with van der Waals surface area (Å²) in [6, 6.07) is 5.61. The summed E-state index contributed by atoms with van der Waals surface area (Å²) in [6.07, 6.45) is 6.94. The van der Waals surface area contributed by atoms with Crippen molar-refractivity contribution in [1.29, 1.82) is 0 Å². The lowest BCUT2D eigenvalue weighted by molar-refractivity contribution is 0.871. The molecule has 2 N–H and O–H groups in total. The van der Waals surface area contributed by atoms with Gasteiger partial charge in [-0.2, -0.15) is 0 Å². The maximum atomic E-state index is 5.62. The number of anilines is 1. The van der Waals surface area contributed by atoms with Crippen LogP contribution in [0.3, 0.4) is 0 Å². The minimum Gasteiger partial charge on any atom is -0.399 e. The lowest BCUT2D eigenvalue weighted by Gasteiger charge is -1.97. The van der Waals surface area contributed by atoms with Crippen LogP contribution in [0, 0.1) is 12.3 Å². The van der Waals surface area contributed by atoms with Crippen molar-refractivity contribution in [3.8, 4) is 12.3 Å². The Kier molecular flexibility index (Phi) is 1.67. The highest BCUT2D eigenvalue weighted by Gasteiger charge is 2.00. The molecular weight excluding hydrogens is 162 g/mol. The Bertz CT molecular complexity index is 476. The van der Waals surface area contributed by atoms with Crippen molar-refractivity contribution in [1.82, 2.24) is 9.55 Å².